The maximum absolute atomic E-state index is 16.1. The molecule has 7 fully saturated rings. The molecule has 16 nitrogen and oxygen atoms in total. The summed E-state index contributed by atoms with van der Waals surface area (Å²) < 4.78 is 39.1. The van der Waals surface area contributed by atoms with Crippen LogP contribution in [-0.4, -0.2) is 154 Å². The highest BCUT2D eigenvalue weighted by Crippen LogP contribution is 2.38. The van der Waals surface area contributed by atoms with Crippen molar-refractivity contribution in [3.63, 3.8) is 0 Å². The van der Waals surface area contributed by atoms with Crippen LogP contribution in [-0.2, 0) is 16.6 Å². The second-order valence-electron chi connectivity index (χ2n) is 21.9. The Balaban J connectivity index is 0.000000154. The number of imidazole rings is 1. The van der Waals surface area contributed by atoms with E-state index in [-0.39, 0.29) is 40.8 Å². The van der Waals surface area contributed by atoms with E-state index in [0.717, 1.165) is 73.7 Å². The number of aryl methyl sites for hydroxylation is 1. The average molecular weight is 1020 g/mol. The Hall–Kier alpha value is -6.52. The molecule has 0 aliphatic carbocycles. The first-order valence-corrected chi connectivity index (χ1v) is 27.1. The van der Waals surface area contributed by atoms with Crippen molar-refractivity contribution >= 4 is 56.0 Å². The van der Waals surface area contributed by atoms with Gasteiger partial charge in [0, 0.05) is 126 Å². The molecular formula is C57H66F2N12O4. The number of methoxy groups -OCH3 is 1. The lowest BCUT2D eigenvalue weighted by Gasteiger charge is -2.40. The lowest BCUT2D eigenvalue weighted by molar-refractivity contribution is -0.135. The summed E-state index contributed by atoms with van der Waals surface area (Å²) in [5.41, 5.74) is 3.13. The zero-order valence-corrected chi connectivity index (χ0v) is 42.9. The Kier molecular flexibility index (Phi) is 13.5. The number of nitrogens with one attached hydrogen (secondary N) is 2. The Labute approximate surface area is 435 Å². The van der Waals surface area contributed by atoms with Gasteiger partial charge in [-0.1, -0.05) is 30.2 Å². The van der Waals surface area contributed by atoms with Gasteiger partial charge in [-0.05, 0) is 99.9 Å². The largest absolute Gasteiger partial charge is 0.467 e. The Morgan fingerprint density at radius 1 is 0.813 bits per heavy atom. The number of piperidine rings is 2. The van der Waals surface area contributed by atoms with Crippen molar-refractivity contribution in [2.75, 3.05) is 88.9 Å². The Bertz CT molecular complexity index is 3270. The summed E-state index contributed by atoms with van der Waals surface area (Å²) in [7, 11) is 3.22. The van der Waals surface area contributed by atoms with Crippen LogP contribution >= 0.6 is 0 Å². The molecule has 3 aromatic carbocycles. The second kappa shape index (κ2) is 20.5. The van der Waals surface area contributed by atoms with Gasteiger partial charge in [0.05, 0.1) is 29.1 Å². The number of rotatable bonds is 9. The summed E-state index contributed by atoms with van der Waals surface area (Å²) in [5.74, 6) is 1.92. The monoisotopic (exact) mass is 1020 g/mol. The van der Waals surface area contributed by atoms with E-state index < -0.39 is 23.6 Å². The minimum atomic E-state index is -0.646. The van der Waals surface area contributed by atoms with Crippen molar-refractivity contribution in [2.45, 2.75) is 94.4 Å². The quantitative estimate of drug-likeness (QED) is 0.132. The van der Waals surface area contributed by atoms with Crippen LogP contribution < -0.4 is 30.9 Å². The Morgan fingerprint density at radius 3 is 2.33 bits per heavy atom. The SMILES string of the molecule is C#Cc1c(F)ccc2cccc(-c3ncc4c(N5CC6CCC(C5)N6)nc(OC)nc4c3F)c12.Cn1c(=O)n(C2CCC(=O)NC2=O)c2ccc(N3CCC(CN4CCN(CC5CCC6CCCN65)CC4)CC3)cc21. The number of terminal acetylenes is 1. The molecule has 0 spiro atoms. The van der Waals surface area contributed by atoms with Gasteiger partial charge >= 0.3 is 11.7 Å². The zero-order valence-electron chi connectivity index (χ0n) is 42.9. The first-order chi connectivity index (χ1) is 36.5. The van der Waals surface area contributed by atoms with Gasteiger partial charge in [-0.3, -0.25) is 38.8 Å². The number of piperazine rings is 2. The van der Waals surface area contributed by atoms with E-state index in [1.807, 2.05) is 6.07 Å². The maximum atomic E-state index is 16.1. The fraction of sp³-hybridized carbons (Fsp3) is 0.509. The van der Waals surface area contributed by atoms with Crippen molar-refractivity contribution in [1.82, 2.24) is 49.4 Å². The van der Waals surface area contributed by atoms with Gasteiger partial charge in [-0.25, -0.2) is 13.6 Å². The highest BCUT2D eigenvalue weighted by molar-refractivity contribution is 6.02. The van der Waals surface area contributed by atoms with Crippen LogP contribution in [0.15, 0.2) is 59.5 Å². The van der Waals surface area contributed by atoms with Gasteiger partial charge in [0.1, 0.15) is 28.9 Å². The number of nitrogens with zero attached hydrogens (tertiary/aromatic N) is 10. The minimum Gasteiger partial charge on any atom is -0.467 e. The van der Waals surface area contributed by atoms with Crippen LogP contribution in [0.4, 0.5) is 20.3 Å². The first-order valence-electron chi connectivity index (χ1n) is 27.1. The van der Waals surface area contributed by atoms with E-state index in [2.05, 4.69) is 68.1 Å². The predicted octanol–water partition coefficient (Wildman–Crippen LogP) is 5.83. The number of pyridine rings is 1. The molecule has 7 aliphatic heterocycles. The number of benzene rings is 3. The number of fused-ring (bicyclic) bond motifs is 6. The van der Waals surface area contributed by atoms with Crippen LogP contribution in [0.1, 0.15) is 75.8 Å². The molecule has 7 saturated heterocycles. The van der Waals surface area contributed by atoms with Gasteiger partial charge in [0.15, 0.2) is 5.82 Å². The van der Waals surface area contributed by atoms with Gasteiger partial charge < -0.3 is 24.8 Å². The number of carbonyl (C=O) groups excluding carboxylic acids is 2. The predicted molar refractivity (Wildman–Crippen MR) is 286 cm³/mol. The third-order valence-electron chi connectivity index (χ3n) is 17.5. The molecule has 75 heavy (non-hydrogen) atoms. The number of hydrogen-bond acceptors (Lipinski definition) is 13. The summed E-state index contributed by atoms with van der Waals surface area (Å²) in [4.78, 5) is 63.4. The number of aromatic nitrogens is 5. The summed E-state index contributed by atoms with van der Waals surface area (Å²) in [6.07, 6.45) is 18.0. The fourth-order valence-corrected chi connectivity index (χ4v) is 13.6. The first kappa shape index (κ1) is 49.4. The number of amides is 2. The highest BCUT2D eigenvalue weighted by atomic mass is 19.1. The molecule has 0 radical (unpaired) electrons. The molecule has 3 aromatic heterocycles. The van der Waals surface area contributed by atoms with E-state index in [0.29, 0.717) is 46.0 Å². The third kappa shape index (κ3) is 9.40. The third-order valence-corrected chi connectivity index (χ3v) is 17.5. The number of imide groups is 1. The Morgan fingerprint density at radius 2 is 1.59 bits per heavy atom. The molecule has 392 valence electrons. The summed E-state index contributed by atoms with van der Waals surface area (Å²) >= 11 is 0. The van der Waals surface area contributed by atoms with Crippen molar-refractivity contribution < 1.29 is 23.1 Å². The fourth-order valence-electron chi connectivity index (χ4n) is 13.6. The summed E-state index contributed by atoms with van der Waals surface area (Å²) in [5, 5.41) is 7.62. The van der Waals surface area contributed by atoms with Gasteiger partial charge in [0.2, 0.25) is 11.8 Å². The highest BCUT2D eigenvalue weighted by Gasteiger charge is 2.38. The van der Waals surface area contributed by atoms with Crippen LogP contribution in [0.25, 0.3) is 44.0 Å². The lowest BCUT2D eigenvalue weighted by atomic mass is 9.95. The molecule has 2 amide bonds. The van der Waals surface area contributed by atoms with Crippen molar-refractivity contribution in [3.8, 4) is 29.6 Å². The van der Waals surface area contributed by atoms with E-state index in [4.69, 9.17) is 11.2 Å². The smallest absolute Gasteiger partial charge is 0.329 e. The van der Waals surface area contributed by atoms with E-state index in [1.54, 1.807) is 46.6 Å². The molecule has 5 unspecified atom stereocenters. The zero-order chi connectivity index (χ0) is 51.5. The topological polar surface area (TPSA) is 149 Å². The molecule has 6 aromatic rings. The van der Waals surface area contributed by atoms with Crippen LogP contribution in [0.2, 0.25) is 0 Å². The van der Waals surface area contributed by atoms with Gasteiger partial charge in [-0.15, -0.1) is 6.42 Å². The molecule has 13 rings (SSSR count). The number of anilines is 2. The van der Waals surface area contributed by atoms with Crippen LogP contribution in [0, 0.1) is 29.9 Å². The molecule has 7 aliphatic rings. The van der Waals surface area contributed by atoms with Crippen molar-refractivity contribution in [1.29, 1.82) is 0 Å². The average Bonchev–Trinajstić information content (AvgIpc) is 4.21. The van der Waals surface area contributed by atoms with E-state index in [9.17, 15) is 18.8 Å². The second-order valence-corrected chi connectivity index (χ2v) is 21.9. The molecular weight excluding hydrogens is 955 g/mol. The molecule has 2 bridgehead atoms. The number of hydrogen-bond donors (Lipinski definition) is 2. The van der Waals surface area contributed by atoms with Crippen molar-refractivity contribution in [2.24, 2.45) is 13.0 Å². The molecule has 5 atom stereocenters. The number of halogens is 2. The van der Waals surface area contributed by atoms with Crippen LogP contribution in [0.5, 0.6) is 6.01 Å². The van der Waals surface area contributed by atoms with Crippen LogP contribution in [0.3, 0.4) is 0 Å². The number of carbonyl (C=O) groups is 2. The molecule has 2 N–H and O–H groups in total. The lowest BCUT2D eigenvalue weighted by Crippen LogP contribution is -2.51. The summed E-state index contributed by atoms with van der Waals surface area (Å²) in [6, 6.07) is 16.2. The molecule has 0 saturated carbocycles. The summed E-state index contributed by atoms with van der Waals surface area (Å²) in [6.45, 7) is 12.2. The van der Waals surface area contributed by atoms with Crippen molar-refractivity contribution in [3.05, 3.63) is 82.4 Å². The van der Waals surface area contributed by atoms with E-state index >= 15 is 4.39 Å². The molecule has 18 heteroatoms. The maximum Gasteiger partial charge on any atom is 0.329 e. The number of ether oxygens (including phenoxy) is 1. The normalized spacial score (nSPS) is 24.7. The van der Waals surface area contributed by atoms with Gasteiger partial charge in [-0.2, -0.15) is 9.97 Å². The van der Waals surface area contributed by atoms with E-state index in [1.165, 1.54) is 97.5 Å². The standard InChI is InChI=1S/C31H45N7O3.C26H21F2N5O/c1-33-28-19-24(6-7-26(28)38(31(33)41)27-8-9-29(39)32-30(27)40)36-13-10-22(11-14-36)20-34-15-17-35(18-16-34)21-25-5-4-23-3-2-12-37(23)25;1-3-17-20(27)10-7-14-5-4-6-18(21(14)17)23-22(28)24-19(11-29-23)25(32-26(31-24)34-2)33-12-15-8-9-16(13-33)30-15/h6-7,19,22-23,25,27H,2-5,8-18,20-21H2,1H3,(H,32,39,40);1,4-7,10-11,15-16,30H,8-9,12-13H2,2H3. The molecule has 10 heterocycles. The minimum absolute atomic E-state index is 0.0484. The van der Waals surface area contributed by atoms with Gasteiger partial charge in [0.25, 0.3) is 0 Å².